The van der Waals surface area contributed by atoms with Gasteiger partial charge in [-0.2, -0.15) is 0 Å². The molecule has 3 aromatic rings. The fourth-order valence-electron chi connectivity index (χ4n) is 6.65. The Kier molecular flexibility index (Phi) is 18.2. The lowest BCUT2D eigenvalue weighted by Gasteiger charge is -2.38. The highest BCUT2D eigenvalue weighted by atomic mass is 19.1. The first kappa shape index (κ1) is 46.3. The molecule has 0 saturated carbocycles. The van der Waals surface area contributed by atoms with Gasteiger partial charge in [0, 0.05) is 25.7 Å². The van der Waals surface area contributed by atoms with Gasteiger partial charge in [-0.15, -0.1) is 0 Å². The number of carbonyl (C=O) groups excluding carboxylic acids is 5. The standard InChI is InChI=1S/C43H58FN7O8/c1-28(2)38(47-42(55)50-20-22-57-23-21-50)40(53)36(37(45)32-14-10-7-11-15-32)34(59-35(52)24-46-5)26-51(25-30-16-18-33(44)19-17-30)49-41(54)39(29(3)4)48-43(56)58-27-31-12-8-6-9-13-31/h6-19,28-29,34,36-39,46H,20-27,45H2,1-5H3,(H,47,55)(H,48,56)(H,49,54)/t34-,36-,37?,38+,39+/m1/s1. The number of nitrogens with two attached hydrogens (primary N) is 1. The lowest BCUT2D eigenvalue weighted by Crippen LogP contribution is -2.59. The first-order valence-electron chi connectivity index (χ1n) is 19.9. The van der Waals surface area contributed by atoms with Gasteiger partial charge in [0.05, 0.1) is 38.3 Å². The van der Waals surface area contributed by atoms with Gasteiger partial charge in [0.1, 0.15) is 24.6 Å². The zero-order valence-electron chi connectivity index (χ0n) is 34.4. The summed E-state index contributed by atoms with van der Waals surface area (Å²) in [4.78, 5) is 70.6. The van der Waals surface area contributed by atoms with Crippen LogP contribution in [-0.2, 0) is 41.7 Å². The summed E-state index contributed by atoms with van der Waals surface area (Å²) in [6.07, 6.45) is -2.13. The molecule has 4 rings (SSSR count). The Bertz CT molecular complexity index is 1800. The lowest BCUT2D eigenvalue weighted by atomic mass is 9.80. The van der Waals surface area contributed by atoms with E-state index in [1.807, 2.05) is 18.2 Å². The molecular weight excluding hydrogens is 762 g/mol. The van der Waals surface area contributed by atoms with Crippen molar-refractivity contribution in [2.24, 2.45) is 23.5 Å². The number of amides is 4. The molecule has 1 fully saturated rings. The van der Waals surface area contributed by atoms with Crippen molar-refractivity contribution in [1.29, 1.82) is 0 Å². The second kappa shape index (κ2) is 23.2. The number of alkyl carbamates (subject to hydrolysis) is 1. The van der Waals surface area contributed by atoms with E-state index in [4.69, 9.17) is 19.9 Å². The average Bonchev–Trinajstić information content (AvgIpc) is 3.22. The van der Waals surface area contributed by atoms with Gasteiger partial charge in [0.2, 0.25) is 0 Å². The molecule has 59 heavy (non-hydrogen) atoms. The van der Waals surface area contributed by atoms with Crippen LogP contribution in [-0.4, -0.2) is 104 Å². The van der Waals surface area contributed by atoms with E-state index in [2.05, 4.69) is 21.4 Å². The number of hydrogen-bond acceptors (Lipinski definition) is 11. The molecule has 16 heteroatoms. The molecule has 4 amide bonds. The van der Waals surface area contributed by atoms with E-state index in [-0.39, 0.29) is 26.2 Å². The fraction of sp³-hybridized carbons (Fsp3) is 0.465. The number of hydrogen-bond donors (Lipinski definition) is 5. The minimum Gasteiger partial charge on any atom is -0.459 e. The third-order valence-electron chi connectivity index (χ3n) is 9.85. The molecule has 0 aromatic heterocycles. The molecule has 0 radical (unpaired) electrons. The van der Waals surface area contributed by atoms with E-state index in [0.717, 1.165) is 5.56 Å². The summed E-state index contributed by atoms with van der Waals surface area (Å²) in [6.45, 7) is 7.92. The van der Waals surface area contributed by atoms with E-state index in [9.17, 15) is 23.6 Å². The Balaban J connectivity index is 1.72. The number of hydrazine groups is 1. The number of ketones is 1. The highest BCUT2D eigenvalue weighted by Crippen LogP contribution is 2.29. The molecule has 1 saturated heterocycles. The van der Waals surface area contributed by atoms with Gasteiger partial charge >= 0.3 is 18.1 Å². The van der Waals surface area contributed by atoms with Crippen molar-refractivity contribution in [1.82, 2.24) is 31.3 Å². The minimum atomic E-state index is -1.32. The van der Waals surface area contributed by atoms with Crippen molar-refractivity contribution >= 4 is 29.8 Å². The number of carbonyl (C=O) groups is 5. The van der Waals surface area contributed by atoms with Crippen LogP contribution < -0.4 is 27.1 Å². The van der Waals surface area contributed by atoms with Crippen LogP contribution in [0.4, 0.5) is 14.0 Å². The summed E-state index contributed by atoms with van der Waals surface area (Å²) in [7, 11) is 1.57. The average molecular weight is 820 g/mol. The lowest BCUT2D eigenvalue weighted by molar-refractivity contribution is -0.156. The van der Waals surface area contributed by atoms with Crippen molar-refractivity contribution < 1.29 is 42.6 Å². The SMILES string of the molecule is CNCC(=O)O[C@H](CN(Cc1ccc(F)cc1)NC(=O)[C@@H](NC(=O)OCc1ccccc1)C(C)C)[C@@H](C(=O)[C@@H](NC(=O)N1CCOCC1)C(C)C)C(N)c1ccccc1. The van der Waals surface area contributed by atoms with Crippen LogP contribution in [0, 0.1) is 23.6 Å². The van der Waals surface area contributed by atoms with Gasteiger partial charge in [0.25, 0.3) is 5.91 Å². The Hall–Kier alpha value is -5.42. The minimum absolute atomic E-state index is 0.0170. The molecule has 320 valence electrons. The van der Waals surface area contributed by atoms with Gasteiger partial charge in [0.15, 0.2) is 5.78 Å². The number of esters is 1. The monoisotopic (exact) mass is 819 g/mol. The number of rotatable bonds is 20. The number of likely N-dealkylation sites (N-methyl/N-ethyl adjacent to an activating group) is 1. The summed E-state index contributed by atoms with van der Waals surface area (Å²) in [5.41, 5.74) is 11.7. The predicted molar refractivity (Wildman–Crippen MR) is 219 cm³/mol. The molecule has 5 atom stereocenters. The van der Waals surface area contributed by atoms with Gasteiger partial charge < -0.3 is 40.8 Å². The third-order valence-corrected chi connectivity index (χ3v) is 9.85. The summed E-state index contributed by atoms with van der Waals surface area (Å²) >= 11 is 0. The largest absolute Gasteiger partial charge is 0.459 e. The van der Waals surface area contributed by atoms with Crippen molar-refractivity contribution in [2.45, 2.75) is 65.1 Å². The van der Waals surface area contributed by atoms with Crippen molar-refractivity contribution in [2.75, 3.05) is 46.4 Å². The summed E-state index contributed by atoms with van der Waals surface area (Å²) in [5.74, 6) is -4.40. The van der Waals surface area contributed by atoms with Crippen LogP contribution in [0.1, 0.15) is 50.4 Å². The number of nitrogens with one attached hydrogen (secondary N) is 4. The number of halogens is 1. The van der Waals surface area contributed by atoms with Gasteiger partial charge in [-0.1, -0.05) is 100 Å². The molecule has 0 bridgehead atoms. The van der Waals surface area contributed by atoms with Crippen LogP contribution in [0.15, 0.2) is 84.9 Å². The third kappa shape index (κ3) is 14.4. The van der Waals surface area contributed by atoms with E-state index in [1.165, 1.54) is 29.3 Å². The maximum Gasteiger partial charge on any atom is 0.408 e. The molecule has 1 unspecified atom stereocenters. The van der Waals surface area contributed by atoms with Gasteiger partial charge in [-0.05, 0) is 47.7 Å². The maximum atomic E-state index is 15.0. The molecule has 1 aliphatic heterocycles. The fourth-order valence-corrected chi connectivity index (χ4v) is 6.65. The van der Waals surface area contributed by atoms with Crippen molar-refractivity contribution in [3.63, 3.8) is 0 Å². The number of nitrogens with zero attached hydrogens (tertiary/aromatic N) is 2. The van der Waals surface area contributed by atoms with E-state index >= 15 is 4.79 Å². The van der Waals surface area contributed by atoms with Crippen molar-refractivity contribution in [3.05, 3.63) is 107 Å². The quantitative estimate of drug-likeness (QED) is 0.0825. The van der Waals surface area contributed by atoms with E-state index in [0.29, 0.717) is 37.4 Å². The number of benzene rings is 3. The molecule has 3 aromatic carbocycles. The Morgan fingerprint density at radius 2 is 1.44 bits per heavy atom. The number of urea groups is 1. The molecule has 1 aliphatic rings. The van der Waals surface area contributed by atoms with Gasteiger partial charge in [-0.25, -0.2) is 19.0 Å². The second-order valence-electron chi connectivity index (χ2n) is 15.1. The summed E-state index contributed by atoms with van der Waals surface area (Å²) < 4.78 is 31.0. The summed E-state index contributed by atoms with van der Waals surface area (Å²) in [5, 5.41) is 9.76. The van der Waals surface area contributed by atoms with Crippen LogP contribution in [0.3, 0.4) is 0 Å². The molecular formula is C43H58FN7O8. The van der Waals surface area contributed by atoms with Crippen LogP contribution in [0.2, 0.25) is 0 Å². The first-order valence-corrected chi connectivity index (χ1v) is 19.9. The number of Topliss-reactive ketones (excluding diaryl/α,β-unsaturated/α-hetero) is 1. The highest BCUT2D eigenvalue weighted by Gasteiger charge is 2.43. The topological polar surface area (TPSA) is 194 Å². The normalized spacial score (nSPS) is 15.5. The molecule has 0 aliphatic carbocycles. The molecule has 15 nitrogen and oxygen atoms in total. The smallest absolute Gasteiger partial charge is 0.408 e. The van der Waals surface area contributed by atoms with Crippen molar-refractivity contribution in [3.8, 4) is 0 Å². The molecule has 1 heterocycles. The zero-order valence-corrected chi connectivity index (χ0v) is 34.4. The van der Waals surface area contributed by atoms with E-state index < -0.39 is 77.6 Å². The second-order valence-corrected chi connectivity index (χ2v) is 15.1. The predicted octanol–water partition coefficient (Wildman–Crippen LogP) is 3.69. The molecule has 6 N–H and O–H groups in total. The van der Waals surface area contributed by atoms with Crippen LogP contribution in [0.25, 0.3) is 0 Å². The summed E-state index contributed by atoms with van der Waals surface area (Å²) in [6, 6.07) is 19.9. The van der Waals surface area contributed by atoms with Gasteiger partial charge in [-0.3, -0.25) is 19.8 Å². The molecule has 0 spiro atoms. The van der Waals surface area contributed by atoms with Crippen LogP contribution >= 0.6 is 0 Å². The number of ether oxygens (including phenoxy) is 3. The zero-order chi connectivity index (χ0) is 42.9. The number of morpholine rings is 1. The maximum absolute atomic E-state index is 15.0. The Morgan fingerprint density at radius 3 is 2.03 bits per heavy atom. The Labute approximate surface area is 345 Å². The van der Waals surface area contributed by atoms with Crippen LogP contribution in [0.5, 0.6) is 0 Å². The van der Waals surface area contributed by atoms with E-state index in [1.54, 1.807) is 82.1 Å². The first-order chi connectivity index (χ1) is 28.3. The highest BCUT2D eigenvalue weighted by molar-refractivity contribution is 5.92. The Morgan fingerprint density at radius 1 is 0.831 bits per heavy atom.